The van der Waals surface area contributed by atoms with E-state index in [0.29, 0.717) is 24.1 Å². The van der Waals surface area contributed by atoms with E-state index in [9.17, 15) is 9.59 Å². The molecule has 1 aromatic carbocycles. The molecule has 0 aliphatic rings. The van der Waals surface area contributed by atoms with Crippen LogP contribution in [0.4, 0.5) is 0 Å². The Labute approximate surface area is 139 Å². The second-order valence-corrected chi connectivity index (χ2v) is 6.02. The number of aryl methyl sites for hydroxylation is 1. The van der Waals surface area contributed by atoms with Crippen LogP contribution in [0, 0.1) is 6.92 Å². The van der Waals surface area contributed by atoms with Crippen molar-refractivity contribution in [3.63, 3.8) is 0 Å². The number of benzene rings is 1. The Morgan fingerprint density at radius 1 is 1.26 bits per heavy atom. The normalized spacial score (nSPS) is 10.5. The van der Waals surface area contributed by atoms with Crippen molar-refractivity contribution in [1.29, 1.82) is 0 Å². The minimum Gasteiger partial charge on any atom is -0.481 e. The Morgan fingerprint density at radius 3 is 2.57 bits per heavy atom. The molecule has 122 valence electrons. The molecule has 0 fully saturated rings. The molecule has 2 rings (SSSR count). The highest BCUT2D eigenvalue weighted by Crippen LogP contribution is 2.18. The number of carboxylic acids is 1. The van der Waals surface area contributed by atoms with Gasteiger partial charge in [0.15, 0.2) is 0 Å². The summed E-state index contributed by atoms with van der Waals surface area (Å²) < 4.78 is 5.17. The standard InChI is InChI=1S/C17H19NO4S/c1-11-10-22-14(9-15(19)20)16(11)17(21)18-8-7-12-3-5-13(23-2)6-4-12/h3-6,10H,7-9H2,1-2H3,(H,18,21)(H,19,20). The molecule has 0 saturated carbocycles. The zero-order valence-electron chi connectivity index (χ0n) is 13.1. The molecule has 5 nitrogen and oxygen atoms in total. The average molecular weight is 333 g/mol. The Hall–Kier alpha value is -2.21. The lowest BCUT2D eigenvalue weighted by atomic mass is 10.1. The fourth-order valence-corrected chi connectivity index (χ4v) is 2.68. The van der Waals surface area contributed by atoms with Crippen LogP contribution in [0.1, 0.15) is 27.2 Å². The number of carbonyl (C=O) groups is 2. The van der Waals surface area contributed by atoms with E-state index in [1.807, 2.05) is 30.5 Å². The number of rotatable bonds is 7. The van der Waals surface area contributed by atoms with Crippen LogP contribution in [0.5, 0.6) is 0 Å². The summed E-state index contributed by atoms with van der Waals surface area (Å²) in [6.45, 7) is 2.21. The summed E-state index contributed by atoms with van der Waals surface area (Å²) in [6.07, 6.45) is 3.85. The Morgan fingerprint density at radius 2 is 1.96 bits per heavy atom. The molecule has 1 aromatic heterocycles. The van der Waals surface area contributed by atoms with Gasteiger partial charge >= 0.3 is 5.97 Å². The van der Waals surface area contributed by atoms with Crippen LogP contribution in [0.3, 0.4) is 0 Å². The first kappa shape index (κ1) is 17.1. The summed E-state index contributed by atoms with van der Waals surface area (Å²) in [4.78, 5) is 24.3. The molecule has 23 heavy (non-hydrogen) atoms. The van der Waals surface area contributed by atoms with E-state index in [0.717, 1.165) is 5.56 Å². The van der Waals surface area contributed by atoms with E-state index in [2.05, 4.69) is 5.32 Å². The van der Waals surface area contributed by atoms with Gasteiger partial charge in [0.2, 0.25) is 0 Å². The minimum absolute atomic E-state index is 0.192. The van der Waals surface area contributed by atoms with Crippen LogP contribution in [-0.2, 0) is 17.6 Å². The second-order valence-electron chi connectivity index (χ2n) is 5.14. The minimum atomic E-state index is -1.03. The molecule has 2 N–H and O–H groups in total. The van der Waals surface area contributed by atoms with Crippen molar-refractivity contribution in [2.75, 3.05) is 12.8 Å². The van der Waals surface area contributed by atoms with Gasteiger partial charge in [-0.25, -0.2) is 0 Å². The first-order chi connectivity index (χ1) is 11.0. The molecule has 0 bridgehead atoms. The topological polar surface area (TPSA) is 79.5 Å². The van der Waals surface area contributed by atoms with Crippen LogP contribution in [0.25, 0.3) is 0 Å². The summed E-state index contributed by atoms with van der Waals surface area (Å²) >= 11 is 1.68. The zero-order chi connectivity index (χ0) is 16.8. The van der Waals surface area contributed by atoms with Gasteiger partial charge in [-0.3, -0.25) is 9.59 Å². The number of carboxylic acid groups (broad SMARTS) is 1. The van der Waals surface area contributed by atoms with Crippen molar-refractivity contribution >= 4 is 23.6 Å². The summed E-state index contributed by atoms with van der Waals surface area (Å²) in [6, 6.07) is 8.17. The lowest BCUT2D eigenvalue weighted by Gasteiger charge is -2.07. The zero-order valence-corrected chi connectivity index (χ0v) is 13.9. The van der Waals surface area contributed by atoms with Gasteiger partial charge in [0, 0.05) is 17.0 Å². The predicted octanol–water partition coefficient (Wildman–Crippen LogP) is 2.91. The number of hydrogen-bond donors (Lipinski definition) is 2. The Kier molecular flexibility index (Phi) is 5.87. The maximum atomic E-state index is 12.3. The van der Waals surface area contributed by atoms with Crippen molar-refractivity contribution < 1.29 is 19.1 Å². The van der Waals surface area contributed by atoms with E-state index in [1.54, 1.807) is 18.7 Å². The third-order valence-electron chi connectivity index (χ3n) is 3.45. The molecule has 6 heteroatoms. The quantitative estimate of drug-likeness (QED) is 0.762. The molecule has 0 spiro atoms. The molecule has 1 heterocycles. The van der Waals surface area contributed by atoms with Gasteiger partial charge in [0.25, 0.3) is 5.91 Å². The molecule has 0 saturated heterocycles. The number of amides is 1. The first-order valence-corrected chi connectivity index (χ1v) is 8.43. The van der Waals surface area contributed by atoms with E-state index < -0.39 is 5.97 Å². The van der Waals surface area contributed by atoms with Gasteiger partial charge in [-0.1, -0.05) is 12.1 Å². The van der Waals surface area contributed by atoms with Gasteiger partial charge in [0.1, 0.15) is 12.2 Å². The Balaban J connectivity index is 1.94. The van der Waals surface area contributed by atoms with Crippen LogP contribution in [-0.4, -0.2) is 29.8 Å². The van der Waals surface area contributed by atoms with Crippen molar-refractivity contribution in [2.24, 2.45) is 0 Å². The van der Waals surface area contributed by atoms with Gasteiger partial charge < -0.3 is 14.8 Å². The third-order valence-corrected chi connectivity index (χ3v) is 4.19. The molecule has 0 aliphatic heterocycles. The summed E-state index contributed by atoms with van der Waals surface area (Å²) in [7, 11) is 0. The van der Waals surface area contributed by atoms with Crippen molar-refractivity contribution in [3.8, 4) is 0 Å². The molecule has 0 aliphatic carbocycles. The largest absolute Gasteiger partial charge is 0.481 e. The highest BCUT2D eigenvalue weighted by atomic mass is 32.2. The fraction of sp³-hybridized carbons (Fsp3) is 0.294. The molecule has 0 radical (unpaired) electrons. The lowest BCUT2D eigenvalue weighted by Crippen LogP contribution is -2.27. The number of carbonyl (C=O) groups excluding carboxylic acids is 1. The van der Waals surface area contributed by atoms with Crippen molar-refractivity contribution in [2.45, 2.75) is 24.7 Å². The first-order valence-electron chi connectivity index (χ1n) is 7.21. The van der Waals surface area contributed by atoms with E-state index >= 15 is 0 Å². The van der Waals surface area contributed by atoms with Crippen molar-refractivity contribution in [1.82, 2.24) is 5.32 Å². The van der Waals surface area contributed by atoms with E-state index in [-0.39, 0.29) is 18.1 Å². The smallest absolute Gasteiger partial charge is 0.311 e. The number of furan rings is 1. The van der Waals surface area contributed by atoms with Gasteiger partial charge in [-0.2, -0.15) is 0 Å². The van der Waals surface area contributed by atoms with Crippen LogP contribution >= 0.6 is 11.8 Å². The number of hydrogen-bond acceptors (Lipinski definition) is 4. The molecule has 1 amide bonds. The predicted molar refractivity (Wildman–Crippen MR) is 89.0 cm³/mol. The lowest BCUT2D eigenvalue weighted by molar-refractivity contribution is -0.136. The summed E-state index contributed by atoms with van der Waals surface area (Å²) in [5.41, 5.74) is 2.10. The van der Waals surface area contributed by atoms with Gasteiger partial charge in [-0.15, -0.1) is 11.8 Å². The molecule has 0 unspecified atom stereocenters. The third kappa shape index (κ3) is 4.63. The number of nitrogens with one attached hydrogen (secondary N) is 1. The second kappa shape index (κ2) is 7.87. The molecule has 2 aromatic rings. The van der Waals surface area contributed by atoms with Crippen LogP contribution in [0.2, 0.25) is 0 Å². The van der Waals surface area contributed by atoms with E-state index in [1.165, 1.54) is 11.2 Å². The van der Waals surface area contributed by atoms with Crippen molar-refractivity contribution in [3.05, 3.63) is 53.0 Å². The average Bonchev–Trinajstić information content (AvgIpc) is 2.88. The fourth-order valence-electron chi connectivity index (χ4n) is 2.27. The Bertz CT molecular complexity index is 691. The maximum absolute atomic E-state index is 12.3. The van der Waals surface area contributed by atoms with Crippen LogP contribution in [0.15, 0.2) is 39.8 Å². The number of thioether (sulfide) groups is 1. The molecular weight excluding hydrogens is 314 g/mol. The highest BCUT2D eigenvalue weighted by Gasteiger charge is 2.20. The molecule has 0 atom stereocenters. The summed E-state index contributed by atoms with van der Waals surface area (Å²) in [5, 5.41) is 11.7. The monoisotopic (exact) mass is 333 g/mol. The summed E-state index contributed by atoms with van der Waals surface area (Å²) in [5.74, 6) is -1.13. The van der Waals surface area contributed by atoms with E-state index in [4.69, 9.17) is 9.52 Å². The molecular formula is C17H19NO4S. The highest BCUT2D eigenvalue weighted by molar-refractivity contribution is 7.98. The maximum Gasteiger partial charge on any atom is 0.311 e. The van der Waals surface area contributed by atoms with Crippen LogP contribution < -0.4 is 5.32 Å². The number of aliphatic carboxylic acids is 1. The SMILES string of the molecule is CSc1ccc(CCNC(=O)c2c(C)coc2CC(=O)O)cc1. The van der Waals surface area contributed by atoms with Gasteiger partial charge in [-0.05, 0) is 37.3 Å². The van der Waals surface area contributed by atoms with Gasteiger partial charge in [0.05, 0.1) is 11.8 Å².